The highest BCUT2D eigenvalue weighted by atomic mass is 79.9. The number of carbonyl (C=O) groups is 1. The van der Waals surface area contributed by atoms with Crippen molar-refractivity contribution in [3.8, 4) is 0 Å². The molecule has 1 heterocycles. The van der Waals surface area contributed by atoms with E-state index in [9.17, 15) is 13.2 Å². The Morgan fingerprint density at radius 2 is 2.11 bits per heavy atom. The van der Waals surface area contributed by atoms with Crippen LogP contribution in [-0.2, 0) is 14.8 Å². The van der Waals surface area contributed by atoms with Crippen LogP contribution in [-0.4, -0.2) is 14.3 Å². The Hall–Kier alpha value is -0.360. The van der Waals surface area contributed by atoms with Crippen molar-refractivity contribution < 1.29 is 13.2 Å². The van der Waals surface area contributed by atoms with Crippen LogP contribution in [0.5, 0.6) is 0 Å². The Labute approximate surface area is 60.1 Å². The highest BCUT2D eigenvalue weighted by molar-refractivity contribution is 9.12. The summed E-state index contributed by atoms with van der Waals surface area (Å²) in [6.07, 6.45) is 0. The van der Waals surface area contributed by atoms with E-state index in [-0.39, 0.29) is 4.48 Å². The van der Waals surface area contributed by atoms with E-state index in [1.54, 1.807) is 4.72 Å². The van der Waals surface area contributed by atoms with Gasteiger partial charge in [0.2, 0.25) is 0 Å². The maximum Gasteiger partial charge on any atom is 0.272 e. The minimum Gasteiger partial charge on any atom is -0.268 e. The zero-order chi connectivity index (χ0) is 7.07. The Morgan fingerprint density at radius 1 is 1.56 bits per heavy atom. The van der Waals surface area contributed by atoms with Crippen LogP contribution in [0.25, 0.3) is 0 Å². The molecule has 0 aliphatic carbocycles. The second kappa shape index (κ2) is 1.81. The first-order valence-electron chi connectivity index (χ1n) is 1.95. The molecule has 0 saturated carbocycles. The molecule has 6 heteroatoms. The predicted octanol–water partition coefficient (Wildman–Crippen LogP) is -0.318. The topological polar surface area (TPSA) is 63.2 Å². The van der Waals surface area contributed by atoms with Gasteiger partial charge in [0.25, 0.3) is 15.9 Å². The molecule has 0 atom stereocenters. The summed E-state index contributed by atoms with van der Waals surface area (Å²) in [5.74, 6) is -0.616. The highest BCUT2D eigenvalue weighted by Crippen LogP contribution is 2.13. The summed E-state index contributed by atoms with van der Waals surface area (Å²) in [6.45, 7) is 0. The van der Waals surface area contributed by atoms with E-state index in [4.69, 9.17) is 0 Å². The standard InChI is InChI=1S/C3H2BrNO3S/c4-2-1-9(7,8)5-3(2)6/h1H,(H,5,6). The van der Waals surface area contributed by atoms with Crippen LogP contribution >= 0.6 is 15.9 Å². The van der Waals surface area contributed by atoms with Crippen LogP contribution < -0.4 is 4.72 Å². The summed E-state index contributed by atoms with van der Waals surface area (Å²) in [5, 5.41) is 0.829. The van der Waals surface area contributed by atoms with E-state index < -0.39 is 15.9 Å². The summed E-state index contributed by atoms with van der Waals surface area (Å²) in [4.78, 5) is 10.4. The predicted molar refractivity (Wildman–Crippen MR) is 34.1 cm³/mol. The number of amides is 1. The molecule has 0 fully saturated rings. The molecule has 0 bridgehead atoms. The van der Waals surface area contributed by atoms with Crippen LogP contribution in [0.2, 0.25) is 0 Å². The van der Waals surface area contributed by atoms with Crippen LogP contribution in [0.3, 0.4) is 0 Å². The number of rotatable bonds is 0. The van der Waals surface area contributed by atoms with Gasteiger partial charge < -0.3 is 0 Å². The lowest BCUT2D eigenvalue weighted by molar-refractivity contribution is -0.114. The van der Waals surface area contributed by atoms with Gasteiger partial charge in [0.15, 0.2) is 0 Å². The third kappa shape index (κ3) is 1.31. The molecule has 1 aliphatic heterocycles. The third-order valence-electron chi connectivity index (χ3n) is 0.710. The minimum atomic E-state index is -3.45. The fourth-order valence-electron chi connectivity index (χ4n) is 0.397. The fourth-order valence-corrected chi connectivity index (χ4v) is 2.17. The molecule has 1 rings (SSSR count). The number of halogens is 1. The van der Waals surface area contributed by atoms with Gasteiger partial charge in [-0.1, -0.05) is 0 Å². The average Bonchev–Trinajstić information content (AvgIpc) is 1.79. The first-order valence-corrected chi connectivity index (χ1v) is 4.29. The Kier molecular flexibility index (Phi) is 1.36. The molecule has 0 spiro atoms. The van der Waals surface area contributed by atoms with Crippen molar-refractivity contribution in [1.82, 2.24) is 4.72 Å². The average molecular weight is 212 g/mol. The van der Waals surface area contributed by atoms with Crippen molar-refractivity contribution in [3.63, 3.8) is 0 Å². The third-order valence-corrected chi connectivity index (χ3v) is 2.62. The van der Waals surface area contributed by atoms with E-state index in [1.165, 1.54) is 0 Å². The van der Waals surface area contributed by atoms with E-state index >= 15 is 0 Å². The number of hydrogen-bond acceptors (Lipinski definition) is 3. The molecule has 1 amide bonds. The lowest BCUT2D eigenvalue weighted by atomic mass is 10.6. The van der Waals surface area contributed by atoms with Gasteiger partial charge >= 0.3 is 0 Å². The molecule has 9 heavy (non-hydrogen) atoms. The van der Waals surface area contributed by atoms with Crippen LogP contribution in [0.4, 0.5) is 0 Å². The lowest BCUT2D eigenvalue weighted by Gasteiger charge is -1.86. The minimum absolute atomic E-state index is 0.0440. The summed E-state index contributed by atoms with van der Waals surface area (Å²) in [5.41, 5.74) is 0. The molecular weight excluding hydrogens is 210 g/mol. The Balaban J connectivity index is 3.15. The van der Waals surface area contributed by atoms with Crippen molar-refractivity contribution in [1.29, 1.82) is 0 Å². The zero-order valence-corrected chi connectivity index (χ0v) is 6.49. The van der Waals surface area contributed by atoms with Gasteiger partial charge in [-0.2, -0.15) is 0 Å². The number of nitrogens with one attached hydrogen (secondary N) is 1. The van der Waals surface area contributed by atoms with Gasteiger partial charge in [-0.15, -0.1) is 0 Å². The summed E-state index contributed by atoms with van der Waals surface area (Å²) >= 11 is 2.75. The molecule has 0 radical (unpaired) electrons. The smallest absolute Gasteiger partial charge is 0.268 e. The fraction of sp³-hybridized carbons (Fsp3) is 0. The first kappa shape index (κ1) is 6.76. The van der Waals surface area contributed by atoms with E-state index in [0.29, 0.717) is 0 Å². The number of carbonyl (C=O) groups excluding carboxylic acids is 1. The maximum absolute atomic E-state index is 10.4. The molecule has 0 aromatic carbocycles. The van der Waals surface area contributed by atoms with Gasteiger partial charge in [-0.05, 0) is 15.9 Å². The SMILES string of the molecule is O=C1NS(=O)(=O)C=C1Br. The van der Waals surface area contributed by atoms with Gasteiger partial charge in [-0.3, -0.25) is 4.79 Å². The van der Waals surface area contributed by atoms with E-state index in [0.717, 1.165) is 5.41 Å². The molecule has 0 unspecified atom stereocenters. The molecule has 4 nitrogen and oxygen atoms in total. The molecule has 1 aliphatic rings. The Morgan fingerprint density at radius 3 is 2.22 bits per heavy atom. The highest BCUT2D eigenvalue weighted by Gasteiger charge is 2.23. The molecular formula is C3H2BrNO3S. The molecule has 1 N–H and O–H groups in total. The number of hydrogen-bond donors (Lipinski definition) is 1. The molecule has 0 saturated heterocycles. The molecule has 0 aromatic rings. The van der Waals surface area contributed by atoms with Gasteiger partial charge in [-0.25, -0.2) is 13.1 Å². The van der Waals surface area contributed by atoms with Crippen LogP contribution in [0.1, 0.15) is 0 Å². The normalized spacial score (nSPS) is 23.2. The quantitative estimate of drug-likeness (QED) is 0.598. The van der Waals surface area contributed by atoms with Crippen molar-refractivity contribution >= 4 is 31.9 Å². The van der Waals surface area contributed by atoms with Crippen molar-refractivity contribution in [2.75, 3.05) is 0 Å². The van der Waals surface area contributed by atoms with Crippen molar-refractivity contribution in [2.24, 2.45) is 0 Å². The molecule has 0 aromatic heterocycles. The van der Waals surface area contributed by atoms with Gasteiger partial charge in [0.1, 0.15) is 0 Å². The maximum atomic E-state index is 10.4. The monoisotopic (exact) mass is 211 g/mol. The van der Waals surface area contributed by atoms with E-state index in [1.807, 2.05) is 0 Å². The largest absolute Gasteiger partial charge is 0.272 e. The summed E-state index contributed by atoms with van der Waals surface area (Å²) in [6, 6.07) is 0. The Bertz CT molecular complexity index is 277. The lowest BCUT2D eigenvalue weighted by Crippen LogP contribution is -2.21. The second-order valence-electron chi connectivity index (χ2n) is 1.44. The van der Waals surface area contributed by atoms with Crippen LogP contribution in [0, 0.1) is 0 Å². The zero-order valence-electron chi connectivity index (χ0n) is 4.09. The van der Waals surface area contributed by atoms with Crippen molar-refractivity contribution in [2.45, 2.75) is 0 Å². The van der Waals surface area contributed by atoms with Gasteiger partial charge in [0, 0.05) is 0 Å². The summed E-state index contributed by atoms with van der Waals surface area (Å²) in [7, 11) is -3.45. The van der Waals surface area contributed by atoms with Gasteiger partial charge in [0.05, 0.1) is 9.89 Å². The van der Waals surface area contributed by atoms with Crippen LogP contribution in [0.15, 0.2) is 9.89 Å². The number of sulfonamides is 1. The first-order chi connectivity index (χ1) is 4.01. The van der Waals surface area contributed by atoms with Crippen molar-refractivity contribution in [3.05, 3.63) is 9.89 Å². The summed E-state index contributed by atoms with van der Waals surface area (Å²) < 4.78 is 22.6. The van der Waals surface area contributed by atoms with E-state index in [2.05, 4.69) is 15.9 Å². The molecule has 50 valence electrons. The second-order valence-corrected chi connectivity index (χ2v) is 3.83.